The van der Waals surface area contributed by atoms with Gasteiger partial charge in [0.05, 0.1) is 22.4 Å². The fraction of sp³-hybridized carbons (Fsp3) is 0.0769. The highest BCUT2D eigenvalue weighted by atomic mass is 15.4. The number of nitrogens with one attached hydrogen (secondary N) is 3. The molecule has 0 radical (unpaired) electrons. The number of hydrogen-bond acceptors (Lipinski definition) is 3. The van der Waals surface area contributed by atoms with E-state index < -0.39 is 0 Å². The summed E-state index contributed by atoms with van der Waals surface area (Å²) in [7, 11) is 0. The molecule has 3 aromatic rings. The van der Waals surface area contributed by atoms with E-state index in [0.29, 0.717) is 5.95 Å². The molecule has 0 aliphatic heterocycles. The summed E-state index contributed by atoms with van der Waals surface area (Å²) < 4.78 is 0. The monoisotopic (exact) mass is 239 g/mol. The number of fused-ring (bicyclic) bond motifs is 1. The highest BCUT2D eigenvalue weighted by Crippen LogP contribution is 2.13. The third-order valence-electron chi connectivity index (χ3n) is 2.71. The smallest absolute Gasteiger partial charge is 0.222 e. The SMILES string of the molecule is CC(=NNc1nc2ccccc2[nH]1)c1ccc[nH]1. The maximum absolute atomic E-state index is 4.38. The number of hydrazone groups is 1. The molecule has 0 amide bonds. The molecule has 0 aliphatic rings. The van der Waals surface area contributed by atoms with Crippen molar-refractivity contribution in [3.05, 3.63) is 48.3 Å². The third kappa shape index (κ3) is 1.98. The van der Waals surface area contributed by atoms with Crippen LogP contribution in [-0.4, -0.2) is 20.7 Å². The van der Waals surface area contributed by atoms with Crippen LogP contribution in [0, 0.1) is 0 Å². The molecule has 5 nitrogen and oxygen atoms in total. The lowest BCUT2D eigenvalue weighted by Crippen LogP contribution is -2.00. The number of hydrogen-bond donors (Lipinski definition) is 3. The number of anilines is 1. The molecule has 0 spiro atoms. The Labute approximate surface area is 104 Å². The average Bonchev–Trinajstić information content (AvgIpc) is 3.04. The first-order valence-corrected chi connectivity index (χ1v) is 5.72. The van der Waals surface area contributed by atoms with Crippen molar-refractivity contribution >= 4 is 22.7 Å². The largest absolute Gasteiger partial charge is 0.360 e. The Morgan fingerprint density at radius 3 is 2.89 bits per heavy atom. The minimum Gasteiger partial charge on any atom is -0.360 e. The van der Waals surface area contributed by atoms with Gasteiger partial charge in [0, 0.05) is 6.20 Å². The van der Waals surface area contributed by atoms with Gasteiger partial charge in [-0.1, -0.05) is 12.1 Å². The molecule has 0 saturated heterocycles. The van der Waals surface area contributed by atoms with Crippen LogP contribution in [0.3, 0.4) is 0 Å². The number of rotatable bonds is 3. The summed E-state index contributed by atoms with van der Waals surface area (Å²) in [5, 5.41) is 4.27. The normalized spacial score (nSPS) is 11.9. The summed E-state index contributed by atoms with van der Waals surface area (Å²) in [6.45, 7) is 1.93. The number of aromatic amines is 2. The molecule has 1 aromatic carbocycles. The molecule has 90 valence electrons. The van der Waals surface area contributed by atoms with Gasteiger partial charge >= 0.3 is 0 Å². The van der Waals surface area contributed by atoms with Crippen LogP contribution in [0.1, 0.15) is 12.6 Å². The lowest BCUT2D eigenvalue weighted by molar-refractivity contribution is 1.20. The topological polar surface area (TPSA) is 68.9 Å². The maximum atomic E-state index is 4.38. The Bertz CT molecular complexity index is 645. The third-order valence-corrected chi connectivity index (χ3v) is 2.71. The highest BCUT2D eigenvalue weighted by molar-refractivity contribution is 5.97. The molecule has 3 rings (SSSR count). The molecule has 5 heteroatoms. The van der Waals surface area contributed by atoms with Crippen molar-refractivity contribution in [3.63, 3.8) is 0 Å². The molecule has 18 heavy (non-hydrogen) atoms. The first-order chi connectivity index (χ1) is 8.83. The van der Waals surface area contributed by atoms with Crippen molar-refractivity contribution in [2.75, 3.05) is 5.43 Å². The molecule has 0 aliphatic carbocycles. The Morgan fingerprint density at radius 2 is 2.11 bits per heavy atom. The van der Waals surface area contributed by atoms with Crippen molar-refractivity contribution in [1.29, 1.82) is 0 Å². The lowest BCUT2D eigenvalue weighted by Gasteiger charge is -1.97. The fourth-order valence-corrected chi connectivity index (χ4v) is 1.76. The predicted octanol–water partition coefficient (Wildman–Crippen LogP) is 2.73. The zero-order valence-corrected chi connectivity index (χ0v) is 9.94. The van der Waals surface area contributed by atoms with Crippen LogP contribution in [-0.2, 0) is 0 Å². The van der Waals surface area contributed by atoms with Gasteiger partial charge in [0.1, 0.15) is 0 Å². The summed E-state index contributed by atoms with van der Waals surface area (Å²) in [4.78, 5) is 10.6. The number of para-hydroxylation sites is 2. The molecule has 0 unspecified atom stereocenters. The maximum Gasteiger partial charge on any atom is 0.222 e. The second-order valence-electron chi connectivity index (χ2n) is 4.00. The summed E-state index contributed by atoms with van der Waals surface area (Å²) in [6, 6.07) is 11.8. The van der Waals surface area contributed by atoms with Crippen molar-refractivity contribution in [2.24, 2.45) is 5.10 Å². The van der Waals surface area contributed by atoms with Gasteiger partial charge in [0.2, 0.25) is 5.95 Å². The number of imidazole rings is 1. The van der Waals surface area contributed by atoms with Crippen LogP contribution in [0.15, 0.2) is 47.7 Å². The van der Waals surface area contributed by atoms with Crippen molar-refractivity contribution < 1.29 is 0 Å². The van der Waals surface area contributed by atoms with Gasteiger partial charge in [-0.25, -0.2) is 10.4 Å². The summed E-state index contributed by atoms with van der Waals surface area (Å²) in [6.07, 6.45) is 1.87. The summed E-state index contributed by atoms with van der Waals surface area (Å²) >= 11 is 0. The van der Waals surface area contributed by atoms with E-state index in [4.69, 9.17) is 0 Å². The van der Waals surface area contributed by atoms with Crippen molar-refractivity contribution in [3.8, 4) is 0 Å². The lowest BCUT2D eigenvalue weighted by atomic mass is 10.3. The van der Waals surface area contributed by atoms with Crippen LogP contribution in [0.25, 0.3) is 11.0 Å². The first-order valence-electron chi connectivity index (χ1n) is 5.72. The standard InChI is InChI=1S/C13H13N5/c1-9(10-7-4-8-14-10)17-18-13-15-11-5-2-3-6-12(11)16-13/h2-8,14H,1H3,(H2,15,16,18). The summed E-state index contributed by atoms with van der Waals surface area (Å²) in [5.41, 5.74) is 6.70. The Hall–Kier alpha value is -2.56. The van der Waals surface area contributed by atoms with Gasteiger partial charge in [-0.15, -0.1) is 0 Å². The molecule has 0 fully saturated rings. The molecule has 0 saturated carbocycles. The Kier molecular flexibility index (Phi) is 2.57. The van der Waals surface area contributed by atoms with Gasteiger partial charge in [0.25, 0.3) is 0 Å². The van der Waals surface area contributed by atoms with Crippen LogP contribution in [0.4, 0.5) is 5.95 Å². The van der Waals surface area contributed by atoms with Crippen molar-refractivity contribution in [2.45, 2.75) is 6.92 Å². The molecule has 0 atom stereocenters. The van der Waals surface area contributed by atoms with Crippen LogP contribution >= 0.6 is 0 Å². The number of aromatic nitrogens is 3. The van der Waals surface area contributed by atoms with E-state index in [-0.39, 0.29) is 0 Å². The van der Waals surface area contributed by atoms with E-state index in [1.54, 1.807) is 0 Å². The van der Waals surface area contributed by atoms with Gasteiger partial charge in [0.15, 0.2) is 0 Å². The molecule has 3 N–H and O–H groups in total. The van der Waals surface area contributed by atoms with E-state index in [0.717, 1.165) is 22.4 Å². The van der Waals surface area contributed by atoms with Crippen LogP contribution in [0.5, 0.6) is 0 Å². The predicted molar refractivity (Wildman–Crippen MR) is 72.7 cm³/mol. The zero-order valence-electron chi connectivity index (χ0n) is 9.94. The molecular weight excluding hydrogens is 226 g/mol. The number of nitrogens with zero attached hydrogens (tertiary/aromatic N) is 2. The number of benzene rings is 1. The van der Waals surface area contributed by atoms with Crippen LogP contribution in [0.2, 0.25) is 0 Å². The molecule has 2 heterocycles. The van der Waals surface area contributed by atoms with E-state index in [2.05, 4.69) is 25.5 Å². The highest BCUT2D eigenvalue weighted by Gasteiger charge is 2.01. The molecular formula is C13H13N5. The van der Waals surface area contributed by atoms with Crippen LogP contribution < -0.4 is 5.43 Å². The van der Waals surface area contributed by atoms with Gasteiger partial charge in [-0.05, 0) is 31.2 Å². The van der Waals surface area contributed by atoms with E-state index in [1.807, 2.05) is 49.5 Å². The van der Waals surface area contributed by atoms with Gasteiger partial charge in [-0.3, -0.25) is 0 Å². The minimum atomic E-state index is 0.641. The Morgan fingerprint density at radius 1 is 1.22 bits per heavy atom. The second kappa shape index (κ2) is 4.37. The van der Waals surface area contributed by atoms with E-state index >= 15 is 0 Å². The molecule has 2 aromatic heterocycles. The average molecular weight is 239 g/mol. The van der Waals surface area contributed by atoms with Gasteiger partial charge < -0.3 is 9.97 Å². The summed E-state index contributed by atoms with van der Waals surface area (Å²) in [5.74, 6) is 0.641. The molecule has 0 bridgehead atoms. The van der Waals surface area contributed by atoms with Crippen molar-refractivity contribution in [1.82, 2.24) is 15.0 Å². The quantitative estimate of drug-likeness (QED) is 0.486. The minimum absolute atomic E-state index is 0.641. The number of H-pyrrole nitrogens is 2. The Balaban J connectivity index is 1.82. The van der Waals surface area contributed by atoms with E-state index in [1.165, 1.54) is 0 Å². The van der Waals surface area contributed by atoms with Gasteiger partial charge in [-0.2, -0.15) is 5.10 Å². The first kappa shape index (κ1) is 10.6. The van der Waals surface area contributed by atoms with E-state index in [9.17, 15) is 0 Å². The second-order valence-corrected chi connectivity index (χ2v) is 4.00. The fourth-order valence-electron chi connectivity index (χ4n) is 1.76. The zero-order chi connectivity index (χ0) is 12.4.